The molecule has 3 heterocycles. The van der Waals surface area contributed by atoms with Crippen LogP contribution in [0.15, 0.2) is 42.9 Å². The van der Waals surface area contributed by atoms with Crippen LogP contribution < -0.4 is 5.32 Å². The van der Waals surface area contributed by atoms with Crippen molar-refractivity contribution in [3.63, 3.8) is 0 Å². The van der Waals surface area contributed by atoms with Crippen LogP contribution in [0.3, 0.4) is 0 Å². The number of carbonyl (C=O) groups is 2. The molecule has 1 aliphatic rings. The van der Waals surface area contributed by atoms with Gasteiger partial charge in [0.2, 0.25) is 0 Å². The molecule has 1 atom stereocenters. The van der Waals surface area contributed by atoms with Gasteiger partial charge in [0.05, 0.1) is 23.0 Å². The third-order valence-electron chi connectivity index (χ3n) is 6.62. The molecule has 1 aromatic carbocycles. The van der Waals surface area contributed by atoms with Crippen molar-refractivity contribution in [2.45, 2.75) is 59.0 Å². The Kier molecular flexibility index (Phi) is 7.12. The molecule has 4 rings (SSSR count). The van der Waals surface area contributed by atoms with Crippen LogP contribution in [0.5, 0.6) is 0 Å². The first-order valence-electron chi connectivity index (χ1n) is 12.1. The summed E-state index contributed by atoms with van der Waals surface area (Å²) in [5.74, 6) is -0.655. The molecule has 7 heteroatoms. The number of hydrogen-bond donors (Lipinski definition) is 1. The molecule has 0 spiro atoms. The molecule has 2 aromatic heterocycles. The van der Waals surface area contributed by atoms with Gasteiger partial charge in [-0.3, -0.25) is 14.6 Å². The van der Waals surface area contributed by atoms with E-state index in [4.69, 9.17) is 0 Å². The topological polar surface area (TPSA) is 67.2 Å². The predicted molar refractivity (Wildman–Crippen MR) is 132 cm³/mol. The van der Waals surface area contributed by atoms with Gasteiger partial charge in [0.25, 0.3) is 5.91 Å². The van der Waals surface area contributed by atoms with Crippen molar-refractivity contribution >= 4 is 22.6 Å². The molecule has 1 aliphatic heterocycles. The van der Waals surface area contributed by atoms with E-state index in [1.165, 1.54) is 12.1 Å². The standard InChI is InChI=1S/C27H33FN4O2/c1-17(2)32(18(3)4)27(34)22-14-20(28)7-8-24(22)31-16-23(21-10-13-30-15-25(21)31)26(33)19-6-5-11-29-12-9-19/h7-8,10,13-19,29H,5-6,9,11-12H2,1-4H3. The van der Waals surface area contributed by atoms with Gasteiger partial charge in [-0.15, -0.1) is 0 Å². The molecule has 1 saturated heterocycles. The molecule has 1 unspecified atom stereocenters. The number of nitrogens with zero attached hydrogens (tertiary/aromatic N) is 3. The highest BCUT2D eigenvalue weighted by molar-refractivity contribution is 6.10. The van der Waals surface area contributed by atoms with Crippen molar-refractivity contribution in [3.05, 3.63) is 59.8 Å². The fourth-order valence-corrected chi connectivity index (χ4v) is 5.06. The Labute approximate surface area is 200 Å². The molecule has 0 bridgehead atoms. The average Bonchev–Trinajstić information content (AvgIpc) is 2.97. The summed E-state index contributed by atoms with van der Waals surface area (Å²) in [5, 5.41) is 4.16. The first-order valence-corrected chi connectivity index (χ1v) is 12.1. The molecule has 1 N–H and O–H groups in total. The van der Waals surface area contributed by atoms with Crippen LogP contribution in [-0.4, -0.2) is 51.3 Å². The summed E-state index contributed by atoms with van der Waals surface area (Å²) in [4.78, 5) is 33.2. The molecular weight excluding hydrogens is 431 g/mol. The van der Waals surface area contributed by atoms with Crippen LogP contribution in [-0.2, 0) is 0 Å². The Balaban J connectivity index is 1.85. The van der Waals surface area contributed by atoms with Crippen molar-refractivity contribution in [3.8, 4) is 5.69 Å². The molecule has 0 aliphatic carbocycles. The molecular formula is C27H33FN4O2. The van der Waals surface area contributed by atoms with Crippen LogP contribution in [0.4, 0.5) is 4.39 Å². The molecule has 3 aromatic rings. The molecule has 6 nitrogen and oxygen atoms in total. The molecule has 1 amide bonds. The zero-order valence-corrected chi connectivity index (χ0v) is 20.3. The lowest BCUT2D eigenvalue weighted by atomic mass is 9.91. The van der Waals surface area contributed by atoms with Crippen molar-refractivity contribution in [1.29, 1.82) is 0 Å². The van der Waals surface area contributed by atoms with Gasteiger partial charge in [0.1, 0.15) is 5.82 Å². The van der Waals surface area contributed by atoms with Crippen LogP contribution in [0, 0.1) is 11.7 Å². The smallest absolute Gasteiger partial charge is 0.256 e. The van der Waals surface area contributed by atoms with E-state index in [9.17, 15) is 14.0 Å². The SMILES string of the molecule is CC(C)N(C(=O)c1cc(F)ccc1-n1cc(C(=O)C2CCCNCC2)c2ccncc21)C(C)C. The van der Waals surface area contributed by atoms with E-state index in [-0.39, 0.29) is 35.3 Å². The lowest BCUT2D eigenvalue weighted by Crippen LogP contribution is -2.42. The molecule has 0 saturated carbocycles. The van der Waals surface area contributed by atoms with Crippen molar-refractivity contribution < 1.29 is 14.0 Å². The second-order valence-corrected chi connectivity index (χ2v) is 9.61. The monoisotopic (exact) mass is 464 g/mol. The highest BCUT2D eigenvalue weighted by atomic mass is 19.1. The van der Waals surface area contributed by atoms with E-state index in [0.29, 0.717) is 11.3 Å². The molecule has 180 valence electrons. The second-order valence-electron chi connectivity index (χ2n) is 9.61. The van der Waals surface area contributed by atoms with Gasteiger partial charge in [-0.05, 0) is 84.3 Å². The number of fused-ring (bicyclic) bond motifs is 1. The summed E-state index contributed by atoms with van der Waals surface area (Å²) in [6, 6.07) is 5.99. The van der Waals surface area contributed by atoms with E-state index < -0.39 is 5.82 Å². The molecule has 34 heavy (non-hydrogen) atoms. The number of pyridine rings is 1. The third-order valence-corrected chi connectivity index (χ3v) is 6.62. The predicted octanol–water partition coefficient (Wildman–Crippen LogP) is 5.00. The Morgan fingerprint density at radius 2 is 1.85 bits per heavy atom. The number of carbonyl (C=O) groups excluding carboxylic acids is 2. The number of amides is 1. The Hall–Kier alpha value is -3.06. The van der Waals surface area contributed by atoms with Crippen LogP contribution in [0.2, 0.25) is 0 Å². The summed E-state index contributed by atoms with van der Waals surface area (Å²) < 4.78 is 16.2. The first kappa shape index (κ1) is 24.1. The number of ketones is 1. The van der Waals surface area contributed by atoms with Gasteiger partial charge in [-0.2, -0.15) is 0 Å². The largest absolute Gasteiger partial charge is 0.334 e. The van der Waals surface area contributed by atoms with Gasteiger partial charge >= 0.3 is 0 Å². The van der Waals surface area contributed by atoms with E-state index >= 15 is 0 Å². The average molecular weight is 465 g/mol. The number of aromatic nitrogens is 2. The summed E-state index contributed by atoms with van der Waals surface area (Å²) in [6.07, 6.45) is 7.78. The van der Waals surface area contributed by atoms with E-state index in [1.54, 1.807) is 29.6 Å². The fourth-order valence-electron chi connectivity index (χ4n) is 5.06. The maximum absolute atomic E-state index is 14.4. The maximum atomic E-state index is 14.4. The molecule has 1 fully saturated rings. The number of hydrogen-bond acceptors (Lipinski definition) is 4. The number of nitrogens with one attached hydrogen (secondary N) is 1. The van der Waals surface area contributed by atoms with Crippen molar-refractivity contribution in [2.75, 3.05) is 13.1 Å². The summed E-state index contributed by atoms with van der Waals surface area (Å²) in [5.41, 5.74) is 2.15. The lowest BCUT2D eigenvalue weighted by molar-refractivity contribution is 0.0643. The van der Waals surface area contributed by atoms with Gasteiger partial charge in [0, 0.05) is 41.3 Å². The minimum Gasteiger partial charge on any atom is -0.334 e. The summed E-state index contributed by atoms with van der Waals surface area (Å²) >= 11 is 0. The van der Waals surface area contributed by atoms with Gasteiger partial charge < -0.3 is 14.8 Å². The number of benzene rings is 1. The van der Waals surface area contributed by atoms with Crippen molar-refractivity contribution in [2.24, 2.45) is 5.92 Å². The number of rotatable bonds is 6. The second kappa shape index (κ2) is 10.1. The first-order chi connectivity index (χ1) is 16.3. The van der Waals surface area contributed by atoms with E-state index in [0.717, 1.165) is 43.3 Å². The summed E-state index contributed by atoms with van der Waals surface area (Å²) in [6.45, 7) is 9.55. The zero-order chi connectivity index (χ0) is 24.4. The normalized spacial score (nSPS) is 16.7. The van der Waals surface area contributed by atoms with Crippen LogP contribution >= 0.6 is 0 Å². The molecule has 0 radical (unpaired) electrons. The lowest BCUT2D eigenvalue weighted by Gasteiger charge is -2.31. The van der Waals surface area contributed by atoms with Gasteiger partial charge in [0.15, 0.2) is 5.78 Å². The Morgan fingerprint density at radius 3 is 2.59 bits per heavy atom. The van der Waals surface area contributed by atoms with Crippen LogP contribution in [0.25, 0.3) is 16.6 Å². The maximum Gasteiger partial charge on any atom is 0.256 e. The van der Waals surface area contributed by atoms with Gasteiger partial charge in [-0.1, -0.05) is 0 Å². The highest BCUT2D eigenvalue weighted by Crippen LogP contribution is 2.31. The number of halogens is 1. The Morgan fingerprint density at radius 1 is 1.09 bits per heavy atom. The minimum atomic E-state index is -0.476. The van der Waals surface area contributed by atoms with Crippen molar-refractivity contribution in [1.82, 2.24) is 19.8 Å². The quantitative estimate of drug-likeness (QED) is 0.522. The van der Waals surface area contributed by atoms with E-state index in [2.05, 4.69) is 10.3 Å². The van der Waals surface area contributed by atoms with Gasteiger partial charge in [-0.25, -0.2) is 4.39 Å². The Bertz CT molecular complexity index is 1180. The summed E-state index contributed by atoms with van der Waals surface area (Å²) in [7, 11) is 0. The van der Waals surface area contributed by atoms with E-state index in [1.807, 2.05) is 38.3 Å². The highest BCUT2D eigenvalue weighted by Gasteiger charge is 2.28. The van der Waals surface area contributed by atoms with Crippen LogP contribution in [0.1, 0.15) is 67.7 Å². The third kappa shape index (κ3) is 4.62. The minimum absolute atomic E-state index is 0.0473. The number of Topliss-reactive ketones (excluding diaryl/α,β-unsaturated/α-hetero) is 1. The fraction of sp³-hybridized carbons (Fsp3) is 0.444. The zero-order valence-electron chi connectivity index (χ0n) is 20.3.